The Morgan fingerprint density at radius 3 is 1.10 bits per heavy atom. The van der Waals surface area contributed by atoms with Crippen LogP contribution in [0.3, 0.4) is 0 Å². The second kappa shape index (κ2) is 26.8. The van der Waals surface area contributed by atoms with Gasteiger partial charge in [-0.3, -0.25) is 0 Å². The Labute approximate surface area is 784 Å². The summed E-state index contributed by atoms with van der Waals surface area (Å²) < 4.78 is 35.9. The summed E-state index contributed by atoms with van der Waals surface area (Å²) in [5.41, 5.74) is 37.2. The van der Waals surface area contributed by atoms with E-state index in [0.717, 1.165) is 127 Å². The van der Waals surface area contributed by atoms with Gasteiger partial charge in [0, 0.05) is 145 Å². The third kappa shape index (κ3) is 10.2. The maximum Gasteiger partial charge on any atom is 0.143 e. The quantitative estimate of drug-likeness (QED) is 0.152. The largest absolute Gasteiger partial charge is 0.456 e. The molecule has 9 heteroatoms. The van der Waals surface area contributed by atoms with Crippen LogP contribution in [-0.2, 0) is 10.8 Å². The number of hydrogen-bond acceptors (Lipinski definition) is 6. The van der Waals surface area contributed by atoms with E-state index in [1.54, 1.807) is 0 Å². The first-order valence-corrected chi connectivity index (χ1v) is 49.0. The molecule has 20 aromatic carbocycles. The fraction of sp³-hybridized carbons (Fsp3) is 0.0476. The lowest BCUT2D eigenvalue weighted by atomic mass is 9.81. The highest BCUT2D eigenvalue weighted by atomic mass is 32.1. The molecule has 0 saturated heterocycles. The van der Waals surface area contributed by atoms with Crippen molar-refractivity contribution in [2.75, 3.05) is 0 Å². The van der Waals surface area contributed by atoms with Gasteiger partial charge in [0.05, 0.1) is 47.2 Å². The topological polar surface area (TPSA) is 54.2 Å². The fourth-order valence-corrected chi connectivity index (χ4v) is 28.0. The highest BCUT2D eigenvalue weighted by Gasteiger charge is 2.39. The van der Waals surface area contributed by atoms with E-state index < -0.39 is 0 Å². The minimum atomic E-state index is -0.337. The fourth-order valence-electron chi connectivity index (χ4n) is 24.3. The van der Waals surface area contributed by atoms with Gasteiger partial charge >= 0.3 is 0 Å². The molecule has 2 aliphatic rings. The molecule has 0 radical (unpaired) electrons. The van der Waals surface area contributed by atoms with Crippen LogP contribution in [0, 0.1) is 0 Å². The molecular formula is C126H75N3O3S3. The Balaban J connectivity index is 0.474. The van der Waals surface area contributed by atoms with Crippen LogP contribution in [0.5, 0.6) is 0 Å². The summed E-state index contributed by atoms with van der Waals surface area (Å²) in [6.07, 6.45) is 0. The first kappa shape index (κ1) is 74.5. The van der Waals surface area contributed by atoms with Crippen molar-refractivity contribution in [3.8, 4) is 95.0 Å². The van der Waals surface area contributed by atoms with E-state index in [9.17, 15) is 0 Å². The summed E-state index contributed by atoms with van der Waals surface area (Å²) in [4.78, 5) is 0. The van der Waals surface area contributed by atoms with Gasteiger partial charge in [0.2, 0.25) is 0 Å². The summed E-state index contributed by atoms with van der Waals surface area (Å²) in [5, 5.41) is 21.8. The van der Waals surface area contributed by atoms with Crippen molar-refractivity contribution in [3.05, 3.63) is 404 Å². The van der Waals surface area contributed by atoms with E-state index in [1.807, 2.05) is 34.0 Å². The van der Waals surface area contributed by atoms with Crippen molar-refractivity contribution in [2.45, 2.75) is 38.5 Å². The molecule has 31 rings (SSSR count). The Morgan fingerprint density at radius 2 is 0.548 bits per heavy atom. The van der Waals surface area contributed by atoms with Crippen LogP contribution >= 0.6 is 34.0 Å². The molecule has 6 nitrogen and oxygen atoms in total. The molecule has 29 aromatic rings. The van der Waals surface area contributed by atoms with Gasteiger partial charge < -0.3 is 27.0 Å². The zero-order chi connectivity index (χ0) is 88.4. The molecule has 0 atom stereocenters. The lowest BCUT2D eigenvalue weighted by Crippen LogP contribution is -2.15. The van der Waals surface area contributed by atoms with Gasteiger partial charge in [0.1, 0.15) is 33.5 Å². The number of thiophene rings is 3. The van der Waals surface area contributed by atoms with Crippen molar-refractivity contribution in [1.29, 1.82) is 0 Å². The van der Waals surface area contributed by atoms with Crippen LogP contribution in [-0.4, -0.2) is 13.7 Å². The van der Waals surface area contributed by atoms with E-state index in [0.29, 0.717) is 0 Å². The number of benzene rings is 20. The molecule has 9 heterocycles. The maximum absolute atomic E-state index is 7.00. The van der Waals surface area contributed by atoms with Crippen LogP contribution in [0.4, 0.5) is 0 Å². The molecule has 0 bridgehead atoms. The standard InChI is InChI=1S/C126H75N3O3S3/c1-125(2)101-62-71(70-41-59-110-100(61-70)88-49-39-74(65-112(88)131-110)79-24-17-29-107-117(79)98-57-55-96-91-22-9-14-33-115(91)135-124(96)120(98)129(107)77-45-51-84-82-47-37-72(63-102(82)126(3,4)104(84)67-77)80-25-15-26-93-86-19-6-11-30-108(86)132-121(80)93)36-46-81(101)83-50-44-76(66-103(83)125)128-106-28-16-23-78(116(106)97-56-54-95-90-21-8-13-32-114(90)134-123(95)119(97)128)73-38-48-87-99-60-69(40-58-109(99)130-111(87)64-73)68-34-42-75(43-35-68)127-105-27-10-5-18-85(105)92-52-53-94-89-20-7-12-31-113(89)133-122(94)118(92)127/h5-67H,1-4H3. The molecule has 0 saturated carbocycles. The molecule has 0 unspecified atom stereocenters. The third-order valence-corrected chi connectivity index (χ3v) is 34.3. The molecule has 0 spiro atoms. The van der Waals surface area contributed by atoms with Gasteiger partial charge in [-0.15, -0.1) is 34.0 Å². The second-order valence-corrected chi connectivity index (χ2v) is 41.5. The molecule has 0 fully saturated rings. The van der Waals surface area contributed by atoms with Crippen LogP contribution in [0.2, 0.25) is 0 Å². The lowest BCUT2D eigenvalue weighted by Gasteiger charge is -2.23. The predicted octanol–water partition coefficient (Wildman–Crippen LogP) is 36.7. The number of rotatable bonds is 8. The highest BCUT2D eigenvalue weighted by Crippen LogP contribution is 2.57. The van der Waals surface area contributed by atoms with Crippen molar-refractivity contribution < 1.29 is 13.3 Å². The molecule has 0 amide bonds. The normalized spacial score (nSPS) is 13.6. The van der Waals surface area contributed by atoms with Gasteiger partial charge in [0.25, 0.3) is 0 Å². The van der Waals surface area contributed by atoms with E-state index in [4.69, 9.17) is 13.3 Å². The van der Waals surface area contributed by atoms with E-state index >= 15 is 0 Å². The maximum atomic E-state index is 7.00. The van der Waals surface area contributed by atoms with Gasteiger partial charge in [-0.1, -0.05) is 270 Å². The van der Waals surface area contributed by atoms with E-state index in [-0.39, 0.29) is 10.8 Å². The van der Waals surface area contributed by atoms with Crippen molar-refractivity contribution in [3.63, 3.8) is 0 Å². The molecule has 135 heavy (non-hydrogen) atoms. The Kier molecular flexibility index (Phi) is 14.8. The SMILES string of the molecule is CC1(C)c2cc(-c3ccc4oc5cc(-c6cccc7c6c6ccc8c9ccccc9sc8c6n7-c6ccc7c(c6)C(C)(C)c6cc(-c8cccc9c8oc8ccccc89)ccc6-7)ccc5c4c3)ccc2-c2ccc(-n3c4cccc(-c5ccc6c(c5)oc5ccc(-c7ccc(-n8c9ccccc9c9ccc%10c%11ccccc%11sc%10c98)cc7)cc56)c4c4ccc5c6ccccc6sc5c43)cc21. The molecule has 9 aromatic heterocycles. The molecular weight excluding hydrogens is 1700 g/mol. The highest BCUT2D eigenvalue weighted by molar-refractivity contribution is 7.27. The summed E-state index contributed by atoms with van der Waals surface area (Å²) in [6, 6.07) is 143. The molecule has 0 N–H and O–H groups in total. The minimum Gasteiger partial charge on any atom is -0.456 e. The van der Waals surface area contributed by atoms with Crippen LogP contribution in [0.15, 0.2) is 395 Å². The van der Waals surface area contributed by atoms with Gasteiger partial charge in [-0.25, -0.2) is 0 Å². The zero-order valence-corrected chi connectivity index (χ0v) is 76.1. The van der Waals surface area contributed by atoms with E-state index in [1.165, 1.54) is 182 Å². The number of para-hydroxylation sites is 3. The molecule has 2 aliphatic carbocycles. The Bertz CT molecular complexity index is 10400. The Hall–Kier alpha value is -16.1. The van der Waals surface area contributed by atoms with Gasteiger partial charge in [-0.05, 0) is 234 Å². The van der Waals surface area contributed by atoms with Crippen LogP contribution < -0.4 is 0 Å². The van der Waals surface area contributed by atoms with Gasteiger partial charge in [-0.2, -0.15) is 0 Å². The smallest absolute Gasteiger partial charge is 0.143 e. The molecule has 0 aliphatic heterocycles. The third-order valence-electron chi connectivity index (χ3n) is 30.7. The monoisotopic (exact) mass is 1770 g/mol. The van der Waals surface area contributed by atoms with Crippen LogP contribution in [0.1, 0.15) is 49.9 Å². The van der Waals surface area contributed by atoms with Crippen molar-refractivity contribution in [2.24, 2.45) is 0 Å². The number of fused-ring (bicyclic) bond motifs is 36. The zero-order valence-electron chi connectivity index (χ0n) is 73.7. The van der Waals surface area contributed by atoms with E-state index in [2.05, 4.69) is 424 Å². The lowest BCUT2D eigenvalue weighted by molar-refractivity contribution is 0.659. The Morgan fingerprint density at radius 1 is 0.200 bits per heavy atom. The number of aromatic nitrogens is 3. The minimum absolute atomic E-state index is 0.298. The average molecular weight is 1780 g/mol. The van der Waals surface area contributed by atoms with Crippen LogP contribution in [0.25, 0.3) is 287 Å². The first-order chi connectivity index (χ1) is 66.4. The number of hydrogen-bond donors (Lipinski definition) is 0. The summed E-state index contributed by atoms with van der Waals surface area (Å²) >= 11 is 5.68. The first-order valence-electron chi connectivity index (χ1n) is 46.5. The van der Waals surface area contributed by atoms with Crippen molar-refractivity contribution in [1.82, 2.24) is 13.7 Å². The predicted molar refractivity (Wildman–Crippen MR) is 572 cm³/mol. The molecule has 630 valence electrons. The van der Waals surface area contributed by atoms with Crippen molar-refractivity contribution >= 4 is 226 Å². The summed E-state index contributed by atoms with van der Waals surface area (Å²) in [7, 11) is 0. The summed E-state index contributed by atoms with van der Waals surface area (Å²) in [6.45, 7) is 9.64. The second-order valence-electron chi connectivity index (χ2n) is 38.3. The number of furan rings is 3. The summed E-state index contributed by atoms with van der Waals surface area (Å²) in [5.74, 6) is 0. The average Bonchev–Trinajstić information content (AvgIpc) is 1.56. The number of nitrogens with zero attached hydrogens (tertiary/aromatic N) is 3. The van der Waals surface area contributed by atoms with Gasteiger partial charge in [0.15, 0.2) is 0 Å².